The van der Waals surface area contributed by atoms with Gasteiger partial charge in [0.05, 0.1) is 0 Å². The molecule has 2 aromatic rings. The maximum absolute atomic E-state index is 10.9. The van der Waals surface area contributed by atoms with Gasteiger partial charge >= 0.3 is 11.4 Å². The van der Waals surface area contributed by atoms with E-state index in [1.54, 1.807) is 0 Å². The van der Waals surface area contributed by atoms with Gasteiger partial charge in [-0.3, -0.25) is 29.4 Å². The van der Waals surface area contributed by atoms with E-state index in [1.807, 2.05) is 4.98 Å². The molecule has 0 aliphatic carbocycles. The van der Waals surface area contributed by atoms with Gasteiger partial charge in [0.15, 0.2) is 0 Å². The maximum atomic E-state index is 10.9. The molecule has 4 N–H and O–H groups in total. The van der Waals surface area contributed by atoms with Crippen LogP contribution in [0.2, 0.25) is 0 Å². The van der Waals surface area contributed by atoms with E-state index >= 15 is 0 Å². The number of nitrogens with one attached hydrogen (secondary N) is 4. The molecule has 0 fully saturated rings. The minimum absolute atomic E-state index is 0. The third-order valence-corrected chi connectivity index (χ3v) is 1.42. The van der Waals surface area contributed by atoms with Gasteiger partial charge in [-0.2, -0.15) is 0 Å². The predicted octanol–water partition coefficient (Wildman–Crippen LogP) is -3.07. The van der Waals surface area contributed by atoms with E-state index in [9.17, 15) is 14.4 Å². The van der Waals surface area contributed by atoms with Crippen molar-refractivity contribution in [2.24, 2.45) is 0 Å². The van der Waals surface area contributed by atoms with Crippen LogP contribution in [0, 0.1) is 0 Å². The van der Waals surface area contributed by atoms with Crippen LogP contribution in [-0.4, -0.2) is 30.9 Å². The van der Waals surface area contributed by atoms with Gasteiger partial charge in [0.25, 0.3) is 5.56 Å². The molecule has 14 heavy (non-hydrogen) atoms. The van der Waals surface area contributed by atoms with Crippen molar-refractivity contribution >= 4 is 22.1 Å². The monoisotopic (exact) mass is 220 g/mol. The maximum Gasteiger partial charge on any atom is 0.327 e. The smallest absolute Gasteiger partial charge is 0.300 e. The van der Waals surface area contributed by atoms with Crippen LogP contribution < -0.4 is 16.9 Å². The van der Waals surface area contributed by atoms with Crippen molar-refractivity contribution in [1.82, 2.24) is 19.9 Å². The Labute approximate surface area is 79.0 Å². The van der Waals surface area contributed by atoms with Gasteiger partial charge in [-0.25, -0.2) is 9.59 Å². The zero-order valence-electron chi connectivity index (χ0n) is 6.13. The van der Waals surface area contributed by atoms with E-state index in [0.717, 1.165) is 0 Å². The molecule has 0 aliphatic rings. The summed E-state index contributed by atoms with van der Waals surface area (Å²) in [6, 6.07) is 0. The molecule has 0 aromatic carbocycles. The molecule has 0 radical (unpaired) electrons. The Morgan fingerprint density at radius 1 is 0.786 bits per heavy atom. The first kappa shape index (κ1) is 12.1. The lowest BCUT2D eigenvalue weighted by Crippen LogP contribution is -2.21. The lowest BCUT2D eigenvalue weighted by molar-refractivity contribution is 1.07. The lowest BCUT2D eigenvalue weighted by atomic mass is 10.5. The van der Waals surface area contributed by atoms with Crippen molar-refractivity contribution in [3.63, 3.8) is 0 Å². The van der Waals surface area contributed by atoms with E-state index in [1.165, 1.54) is 0 Å². The van der Waals surface area contributed by atoms with Crippen LogP contribution in [0.15, 0.2) is 14.4 Å². The van der Waals surface area contributed by atoms with Gasteiger partial charge in [0.1, 0.15) is 11.2 Å². The molecule has 0 bridgehead atoms. The van der Waals surface area contributed by atoms with Gasteiger partial charge in [0.2, 0.25) is 0 Å². The van der Waals surface area contributed by atoms with Crippen molar-refractivity contribution in [1.29, 1.82) is 0 Å². The Kier molecular flexibility index (Phi) is 3.34. The van der Waals surface area contributed by atoms with Crippen LogP contribution in [0.4, 0.5) is 4.70 Å². The molecule has 0 amide bonds. The first-order chi connectivity index (χ1) is 5.66. The summed E-state index contributed by atoms with van der Waals surface area (Å²) in [6.45, 7) is 0. The second-order valence-corrected chi connectivity index (χ2v) is 2.24. The number of aromatic nitrogens is 4. The van der Waals surface area contributed by atoms with Crippen molar-refractivity contribution in [2.75, 3.05) is 0 Å². The summed E-state index contributed by atoms with van der Waals surface area (Å²) < 4.78 is 0. The van der Waals surface area contributed by atoms with Crippen molar-refractivity contribution < 1.29 is 4.70 Å². The van der Waals surface area contributed by atoms with Gasteiger partial charge < -0.3 is 0 Å². The molecule has 0 atom stereocenters. The quantitative estimate of drug-likeness (QED) is 0.353. The van der Waals surface area contributed by atoms with Crippen molar-refractivity contribution in [3.05, 3.63) is 31.3 Å². The van der Waals surface area contributed by atoms with Crippen molar-refractivity contribution in [3.8, 4) is 0 Å². The highest BCUT2D eigenvalue weighted by molar-refractivity contribution is 5.75. The molecular formula is C5H9FN4O3Si. The first-order valence-corrected chi connectivity index (χ1v) is 3.11. The highest BCUT2D eigenvalue weighted by Gasteiger charge is 2.02. The Bertz CT molecular complexity index is 593. The molecular weight excluding hydrogens is 211 g/mol. The number of hydrogen-bond donors (Lipinski definition) is 4. The molecule has 2 aromatic heterocycles. The molecule has 78 valence electrons. The molecule has 0 spiro atoms. The minimum atomic E-state index is -0.650. The normalized spacial score (nSPS) is 9.14. The topological polar surface area (TPSA) is 114 Å². The van der Waals surface area contributed by atoms with Crippen LogP contribution >= 0.6 is 0 Å². The summed E-state index contributed by atoms with van der Waals surface area (Å²) in [4.78, 5) is 41.0. The third kappa shape index (κ3) is 1.71. The van der Waals surface area contributed by atoms with Crippen molar-refractivity contribution in [2.45, 2.75) is 0 Å². The van der Waals surface area contributed by atoms with E-state index in [2.05, 4.69) is 15.0 Å². The molecule has 9 heteroatoms. The van der Waals surface area contributed by atoms with E-state index < -0.39 is 16.9 Å². The summed E-state index contributed by atoms with van der Waals surface area (Å²) in [5.74, 6) is 0. The van der Waals surface area contributed by atoms with Crippen LogP contribution in [0.5, 0.6) is 0 Å². The number of H-pyrrole nitrogens is 4. The Morgan fingerprint density at radius 3 is 1.86 bits per heavy atom. The fraction of sp³-hybridized carbons (Fsp3) is 0. The number of halogens is 1. The van der Waals surface area contributed by atoms with Crippen LogP contribution in [-0.2, 0) is 0 Å². The number of rotatable bonds is 0. The van der Waals surface area contributed by atoms with Crippen LogP contribution in [0.1, 0.15) is 0 Å². The number of hydrogen-bond acceptors (Lipinski definition) is 3. The molecule has 2 heterocycles. The van der Waals surface area contributed by atoms with Gasteiger partial charge in [-0.1, -0.05) is 0 Å². The van der Waals surface area contributed by atoms with E-state index in [0.29, 0.717) is 0 Å². The second kappa shape index (κ2) is 3.87. The lowest BCUT2D eigenvalue weighted by Gasteiger charge is -1.83. The number of imidazole rings is 1. The second-order valence-electron chi connectivity index (χ2n) is 2.24. The average Bonchev–Trinajstić information content (AvgIpc) is 2.29. The first-order valence-electron chi connectivity index (χ1n) is 3.11. The van der Waals surface area contributed by atoms with Crippen LogP contribution in [0.3, 0.4) is 0 Å². The predicted molar refractivity (Wildman–Crippen MR) is 54.0 cm³/mol. The Balaban J connectivity index is 0.000000845. The zero-order valence-corrected chi connectivity index (χ0v) is 6.13. The summed E-state index contributed by atoms with van der Waals surface area (Å²) in [6.07, 6.45) is 0. The van der Waals surface area contributed by atoms with E-state index in [4.69, 9.17) is 0 Å². The van der Waals surface area contributed by atoms with Gasteiger partial charge in [0, 0.05) is 0 Å². The molecule has 0 saturated heterocycles. The summed E-state index contributed by atoms with van der Waals surface area (Å²) in [5.41, 5.74) is -1.65. The Morgan fingerprint density at radius 2 is 1.29 bits per heavy atom. The highest BCUT2D eigenvalue weighted by atomic mass is 28.1. The average molecular weight is 220 g/mol. The summed E-state index contributed by atoms with van der Waals surface area (Å²) >= 11 is 0. The molecule has 7 nitrogen and oxygen atoms in total. The minimum Gasteiger partial charge on any atom is -0.300 e. The molecule has 0 aliphatic heterocycles. The summed E-state index contributed by atoms with van der Waals surface area (Å²) in [7, 11) is 0. The number of fused-ring (bicyclic) bond motifs is 1. The fourth-order valence-corrected chi connectivity index (χ4v) is 0.958. The molecule has 2 rings (SSSR count). The Hall–Kier alpha value is -1.90. The zero-order chi connectivity index (χ0) is 8.72. The largest absolute Gasteiger partial charge is 0.327 e. The van der Waals surface area contributed by atoms with Crippen LogP contribution in [0.25, 0.3) is 11.2 Å². The SMILES string of the molecule is F.O=c1[nH]c(=O)c2[nH]c(=O)[nH]c2[nH]1.[SiH4]. The van der Waals surface area contributed by atoms with Gasteiger partial charge in [-0.05, 0) is 11.0 Å². The highest BCUT2D eigenvalue weighted by Crippen LogP contribution is 1.88. The van der Waals surface area contributed by atoms with Gasteiger partial charge in [-0.15, -0.1) is 0 Å². The summed E-state index contributed by atoms with van der Waals surface area (Å²) in [5, 5.41) is 0. The fourth-order valence-electron chi connectivity index (χ4n) is 0.958. The third-order valence-electron chi connectivity index (χ3n) is 1.42. The number of aromatic amines is 4. The molecule has 0 saturated carbocycles. The molecule has 0 unspecified atom stereocenters. The van der Waals surface area contributed by atoms with E-state index in [-0.39, 0.29) is 26.8 Å². The standard InChI is InChI=1S/C5H4N4O3.FH.H4Si/c10-3-1-2(7-4(11)6-1)8-5(12)9-3;;/h(H4,6,7,8,9,10,11,12);1H;1H4.